The van der Waals surface area contributed by atoms with Crippen LogP contribution in [0.25, 0.3) is 0 Å². The smallest absolute Gasteiger partial charge is 0.318 e. The summed E-state index contributed by atoms with van der Waals surface area (Å²) in [4.78, 5) is 14.6. The number of carbonyl (C=O) groups is 1. The van der Waals surface area contributed by atoms with Crippen molar-refractivity contribution >= 4 is 6.03 Å². The molecule has 1 fully saturated rings. The number of benzene rings is 1. The Kier molecular flexibility index (Phi) is 5.75. The Morgan fingerprint density at radius 1 is 1.33 bits per heavy atom. The van der Waals surface area contributed by atoms with Crippen LogP contribution in [0.2, 0.25) is 0 Å². The lowest BCUT2D eigenvalue weighted by molar-refractivity contribution is 0.165. The maximum Gasteiger partial charge on any atom is 0.318 e. The van der Waals surface area contributed by atoms with Crippen molar-refractivity contribution in [3.8, 4) is 5.75 Å². The van der Waals surface area contributed by atoms with Crippen molar-refractivity contribution in [3.05, 3.63) is 29.8 Å². The van der Waals surface area contributed by atoms with E-state index in [1.165, 1.54) is 0 Å². The van der Waals surface area contributed by atoms with E-state index < -0.39 is 0 Å². The molecule has 5 heteroatoms. The molecule has 0 bridgehead atoms. The molecule has 0 aliphatic heterocycles. The molecule has 0 atom stereocenters. The predicted octanol–water partition coefficient (Wildman–Crippen LogP) is 3.17. The van der Waals surface area contributed by atoms with Crippen molar-refractivity contribution in [1.82, 2.24) is 10.2 Å². The third-order valence-corrected chi connectivity index (χ3v) is 4.96. The van der Waals surface area contributed by atoms with Crippen LogP contribution in [0.5, 0.6) is 5.75 Å². The zero-order chi connectivity index (χ0) is 17.8. The fraction of sp³-hybridized carbons (Fsp3) is 0.632. The normalized spacial score (nSPS) is 15.7. The first-order chi connectivity index (χ1) is 11.3. The van der Waals surface area contributed by atoms with Gasteiger partial charge in [0.2, 0.25) is 0 Å². The van der Waals surface area contributed by atoms with Crippen molar-refractivity contribution in [2.45, 2.75) is 52.1 Å². The number of nitrogens with zero attached hydrogens (tertiary/aromatic N) is 1. The molecule has 2 amide bonds. The van der Waals surface area contributed by atoms with E-state index in [4.69, 9.17) is 9.84 Å². The highest BCUT2D eigenvalue weighted by Crippen LogP contribution is 2.49. The Morgan fingerprint density at radius 3 is 2.54 bits per heavy atom. The summed E-state index contributed by atoms with van der Waals surface area (Å²) in [7, 11) is 1.63. The van der Waals surface area contributed by atoms with Gasteiger partial charge >= 0.3 is 6.03 Å². The second-order valence-electron chi connectivity index (χ2n) is 7.57. The minimum Gasteiger partial charge on any atom is -0.496 e. The van der Waals surface area contributed by atoms with Gasteiger partial charge in [-0.15, -0.1) is 0 Å². The monoisotopic (exact) mass is 334 g/mol. The minimum absolute atomic E-state index is 0.0374. The van der Waals surface area contributed by atoms with Gasteiger partial charge in [0, 0.05) is 24.3 Å². The van der Waals surface area contributed by atoms with Crippen LogP contribution in [-0.2, 0) is 6.54 Å². The quantitative estimate of drug-likeness (QED) is 0.805. The van der Waals surface area contributed by atoms with Gasteiger partial charge in [0.1, 0.15) is 5.75 Å². The van der Waals surface area contributed by atoms with E-state index in [0.717, 1.165) is 24.2 Å². The van der Waals surface area contributed by atoms with Gasteiger partial charge in [-0.2, -0.15) is 0 Å². The molecule has 0 spiro atoms. The molecular weight excluding hydrogens is 304 g/mol. The summed E-state index contributed by atoms with van der Waals surface area (Å²) in [6.07, 6.45) is 2.60. The lowest BCUT2D eigenvalue weighted by Crippen LogP contribution is -2.51. The Balaban J connectivity index is 2.11. The number of amides is 2. The fourth-order valence-electron chi connectivity index (χ4n) is 3.02. The summed E-state index contributed by atoms with van der Waals surface area (Å²) in [5, 5.41) is 12.4. The first-order valence-corrected chi connectivity index (χ1v) is 8.63. The number of urea groups is 1. The molecule has 0 radical (unpaired) electrons. The van der Waals surface area contributed by atoms with Crippen LogP contribution < -0.4 is 10.1 Å². The number of aliphatic hydroxyl groups is 1. The van der Waals surface area contributed by atoms with E-state index in [1.807, 2.05) is 24.3 Å². The van der Waals surface area contributed by atoms with Gasteiger partial charge in [-0.1, -0.05) is 39.0 Å². The van der Waals surface area contributed by atoms with Crippen molar-refractivity contribution in [1.29, 1.82) is 0 Å². The molecule has 24 heavy (non-hydrogen) atoms. The summed E-state index contributed by atoms with van der Waals surface area (Å²) in [5.41, 5.74) is 0.895. The molecule has 0 unspecified atom stereocenters. The third kappa shape index (κ3) is 4.20. The molecule has 1 aromatic carbocycles. The van der Waals surface area contributed by atoms with E-state index in [-0.39, 0.29) is 23.6 Å². The van der Waals surface area contributed by atoms with Crippen LogP contribution >= 0.6 is 0 Å². The van der Waals surface area contributed by atoms with Crippen molar-refractivity contribution in [2.75, 3.05) is 20.3 Å². The molecule has 1 aliphatic carbocycles. The fourth-order valence-corrected chi connectivity index (χ4v) is 3.02. The number of ether oxygens (including phenoxy) is 1. The average Bonchev–Trinajstić information content (AvgIpc) is 3.32. The molecule has 0 heterocycles. The third-order valence-electron chi connectivity index (χ3n) is 4.96. The van der Waals surface area contributed by atoms with Crippen LogP contribution in [0, 0.1) is 5.41 Å². The maximum atomic E-state index is 12.8. The molecule has 134 valence electrons. The number of rotatable bonds is 7. The van der Waals surface area contributed by atoms with Gasteiger partial charge in [0.05, 0.1) is 13.7 Å². The molecule has 2 N–H and O–H groups in total. The topological polar surface area (TPSA) is 61.8 Å². The average molecular weight is 334 g/mol. The van der Waals surface area contributed by atoms with E-state index >= 15 is 0 Å². The molecule has 1 aromatic rings. The van der Waals surface area contributed by atoms with E-state index in [2.05, 4.69) is 26.1 Å². The molecule has 0 aromatic heterocycles. The van der Waals surface area contributed by atoms with Gasteiger partial charge in [-0.25, -0.2) is 4.79 Å². The number of nitrogens with one attached hydrogen (secondary N) is 1. The Bertz CT molecular complexity index is 562. The van der Waals surface area contributed by atoms with E-state index in [1.54, 1.807) is 12.0 Å². The summed E-state index contributed by atoms with van der Waals surface area (Å²) >= 11 is 0. The number of aliphatic hydroxyl groups excluding tert-OH is 1. The lowest BCUT2D eigenvalue weighted by atomic mass is 9.84. The number of methoxy groups -OCH3 is 1. The van der Waals surface area contributed by atoms with Gasteiger partial charge in [-0.05, 0) is 30.7 Å². The largest absolute Gasteiger partial charge is 0.496 e. The molecular formula is C19H30N2O3. The Labute approximate surface area is 145 Å². The molecule has 5 nitrogen and oxygen atoms in total. The summed E-state index contributed by atoms with van der Waals surface area (Å²) in [5.74, 6) is 0.774. The van der Waals surface area contributed by atoms with Gasteiger partial charge in [0.15, 0.2) is 0 Å². The molecule has 1 saturated carbocycles. The Hall–Kier alpha value is -1.75. The van der Waals surface area contributed by atoms with Gasteiger partial charge < -0.3 is 20.1 Å². The summed E-state index contributed by atoms with van der Waals surface area (Å²) in [6.45, 7) is 7.55. The van der Waals surface area contributed by atoms with Crippen LogP contribution in [-0.4, -0.2) is 41.8 Å². The number of hydrogen-bond donors (Lipinski definition) is 2. The van der Waals surface area contributed by atoms with Gasteiger partial charge in [0.25, 0.3) is 0 Å². The second kappa shape index (κ2) is 7.43. The maximum absolute atomic E-state index is 12.8. The SMILES string of the molecule is COc1ccccc1CN(CCCO)C(=O)NC1(C(C)(C)C)CC1. The van der Waals surface area contributed by atoms with Crippen molar-refractivity contribution in [3.63, 3.8) is 0 Å². The highest BCUT2D eigenvalue weighted by atomic mass is 16.5. The van der Waals surface area contributed by atoms with Crippen molar-refractivity contribution in [2.24, 2.45) is 5.41 Å². The standard InChI is InChI=1S/C19H30N2O3/c1-18(2,3)19(10-11-19)20-17(23)21(12-7-13-22)14-15-8-5-6-9-16(15)24-4/h5-6,8-9,22H,7,10-14H2,1-4H3,(H,20,23). The highest BCUT2D eigenvalue weighted by Gasteiger charge is 2.53. The molecule has 1 aliphatic rings. The zero-order valence-corrected chi connectivity index (χ0v) is 15.3. The van der Waals surface area contributed by atoms with Crippen LogP contribution in [0.4, 0.5) is 4.79 Å². The number of hydrogen-bond acceptors (Lipinski definition) is 3. The minimum atomic E-state index is -0.109. The van der Waals surface area contributed by atoms with Crippen LogP contribution in [0.3, 0.4) is 0 Å². The van der Waals surface area contributed by atoms with E-state index in [0.29, 0.717) is 19.5 Å². The zero-order valence-electron chi connectivity index (χ0n) is 15.3. The van der Waals surface area contributed by atoms with Crippen molar-refractivity contribution < 1.29 is 14.6 Å². The van der Waals surface area contributed by atoms with E-state index in [9.17, 15) is 4.79 Å². The second-order valence-corrected chi connectivity index (χ2v) is 7.57. The van der Waals surface area contributed by atoms with Gasteiger partial charge in [-0.3, -0.25) is 0 Å². The highest BCUT2D eigenvalue weighted by molar-refractivity contribution is 5.76. The summed E-state index contributed by atoms with van der Waals surface area (Å²) in [6, 6.07) is 7.65. The van der Waals surface area contributed by atoms with Crippen LogP contribution in [0.15, 0.2) is 24.3 Å². The molecule has 0 saturated heterocycles. The first-order valence-electron chi connectivity index (χ1n) is 8.63. The molecule has 2 rings (SSSR count). The number of para-hydroxylation sites is 1. The Morgan fingerprint density at radius 2 is 2.00 bits per heavy atom. The summed E-state index contributed by atoms with van der Waals surface area (Å²) < 4.78 is 5.39. The number of carbonyl (C=O) groups excluding carboxylic acids is 1. The lowest BCUT2D eigenvalue weighted by Gasteiger charge is -2.34. The first kappa shape index (κ1) is 18.6. The van der Waals surface area contributed by atoms with Crippen LogP contribution in [0.1, 0.15) is 45.6 Å². The predicted molar refractivity (Wildman–Crippen MR) is 95.1 cm³/mol.